The number of carbonyl (C=O) groups is 2. The van der Waals surface area contributed by atoms with Crippen LogP contribution in [0.3, 0.4) is 0 Å². The Morgan fingerprint density at radius 3 is 2.86 bits per heavy atom. The van der Waals surface area contributed by atoms with Crippen LogP contribution >= 0.6 is 23.7 Å². The molecule has 0 radical (unpaired) electrons. The number of amides is 2. The van der Waals surface area contributed by atoms with Crippen LogP contribution in [0.4, 0.5) is 0 Å². The van der Waals surface area contributed by atoms with E-state index in [0.717, 1.165) is 30.8 Å². The zero-order chi connectivity index (χ0) is 15.2. The molecule has 2 unspecified atom stereocenters. The quantitative estimate of drug-likeness (QED) is 0.857. The van der Waals surface area contributed by atoms with Crippen LogP contribution < -0.4 is 10.6 Å². The molecule has 0 aliphatic carbocycles. The number of hydrogen-bond acceptors (Lipinski definition) is 4. The maximum atomic E-state index is 12.5. The summed E-state index contributed by atoms with van der Waals surface area (Å²) in [6, 6.07) is 4.07. The second-order valence-electron chi connectivity index (χ2n) is 5.44. The number of hydrogen-bond donors (Lipinski definition) is 2. The summed E-state index contributed by atoms with van der Waals surface area (Å²) >= 11 is 1.57. The summed E-state index contributed by atoms with van der Waals surface area (Å²) in [6.07, 6.45) is 2.47. The van der Waals surface area contributed by atoms with Crippen molar-refractivity contribution in [2.75, 3.05) is 20.1 Å². The van der Waals surface area contributed by atoms with Crippen LogP contribution in [0.1, 0.15) is 37.1 Å². The third-order valence-corrected chi connectivity index (χ3v) is 4.81. The molecule has 0 spiro atoms. The fourth-order valence-electron chi connectivity index (χ4n) is 2.70. The van der Waals surface area contributed by atoms with E-state index in [1.165, 1.54) is 6.92 Å². The molecule has 1 fully saturated rings. The van der Waals surface area contributed by atoms with E-state index in [2.05, 4.69) is 10.6 Å². The van der Waals surface area contributed by atoms with Crippen LogP contribution in [-0.2, 0) is 9.59 Å². The number of nitrogens with one attached hydrogen (secondary N) is 2. The van der Waals surface area contributed by atoms with E-state index in [4.69, 9.17) is 0 Å². The predicted octanol–water partition coefficient (Wildman–Crippen LogP) is 1.95. The van der Waals surface area contributed by atoms with E-state index in [1.54, 1.807) is 11.3 Å². The van der Waals surface area contributed by atoms with Crippen molar-refractivity contribution < 1.29 is 9.59 Å². The number of likely N-dealkylation sites (N-methyl/N-ethyl adjacent to an activating group) is 1. The molecule has 2 N–H and O–H groups in total. The molecule has 1 aromatic rings. The average Bonchev–Trinajstić information content (AvgIpc) is 3.00. The van der Waals surface area contributed by atoms with Gasteiger partial charge in [-0.1, -0.05) is 6.07 Å². The van der Waals surface area contributed by atoms with Gasteiger partial charge in [0, 0.05) is 30.9 Å². The van der Waals surface area contributed by atoms with Gasteiger partial charge in [-0.3, -0.25) is 9.59 Å². The minimum absolute atomic E-state index is 0. The molecule has 0 aromatic carbocycles. The first-order valence-corrected chi connectivity index (χ1v) is 8.23. The third-order valence-electron chi connectivity index (χ3n) is 3.83. The lowest BCUT2D eigenvalue weighted by atomic mass is 10.0. The van der Waals surface area contributed by atoms with E-state index in [-0.39, 0.29) is 30.3 Å². The smallest absolute Gasteiger partial charge is 0.225 e. The van der Waals surface area contributed by atoms with Gasteiger partial charge in [-0.05, 0) is 31.3 Å². The van der Waals surface area contributed by atoms with Crippen molar-refractivity contribution in [2.24, 2.45) is 0 Å². The summed E-state index contributed by atoms with van der Waals surface area (Å²) < 4.78 is 0. The van der Waals surface area contributed by atoms with E-state index < -0.39 is 0 Å². The Bertz CT molecular complexity index is 481. The van der Waals surface area contributed by atoms with Crippen LogP contribution in [0, 0.1) is 0 Å². The molecule has 2 rings (SSSR count). The van der Waals surface area contributed by atoms with Gasteiger partial charge in [0.2, 0.25) is 11.8 Å². The Hall–Kier alpha value is -1.11. The van der Waals surface area contributed by atoms with Gasteiger partial charge in [0.1, 0.15) is 0 Å². The number of rotatable bonds is 5. The Labute approximate surface area is 141 Å². The summed E-state index contributed by atoms with van der Waals surface area (Å²) in [4.78, 5) is 26.8. The molecule has 2 amide bonds. The van der Waals surface area contributed by atoms with Crippen molar-refractivity contribution in [2.45, 2.75) is 38.3 Å². The van der Waals surface area contributed by atoms with Crippen molar-refractivity contribution in [3.63, 3.8) is 0 Å². The van der Waals surface area contributed by atoms with Gasteiger partial charge in [-0.25, -0.2) is 0 Å². The van der Waals surface area contributed by atoms with Gasteiger partial charge >= 0.3 is 0 Å². The maximum absolute atomic E-state index is 12.5. The Morgan fingerprint density at radius 1 is 1.50 bits per heavy atom. The highest BCUT2D eigenvalue weighted by atomic mass is 35.5. The molecule has 7 heteroatoms. The highest BCUT2D eigenvalue weighted by Gasteiger charge is 2.26. The monoisotopic (exact) mass is 345 g/mol. The highest BCUT2D eigenvalue weighted by Crippen LogP contribution is 2.23. The Balaban J connectivity index is 0.00000242. The van der Waals surface area contributed by atoms with Crippen molar-refractivity contribution >= 4 is 35.6 Å². The summed E-state index contributed by atoms with van der Waals surface area (Å²) in [5, 5.41) is 8.09. The first-order chi connectivity index (χ1) is 10.1. The topological polar surface area (TPSA) is 61.4 Å². The third kappa shape index (κ3) is 5.26. The number of piperidine rings is 1. The van der Waals surface area contributed by atoms with E-state index >= 15 is 0 Å². The molecular weight excluding hydrogens is 322 g/mol. The average molecular weight is 346 g/mol. The number of thiophene rings is 1. The van der Waals surface area contributed by atoms with Crippen LogP contribution in [0.5, 0.6) is 0 Å². The Morgan fingerprint density at radius 2 is 2.27 bits per heavy atom. The summed E-state index contributed by atoms with van der Waals surface area (Å²) in [5.41, 5.74) is 0. The minimum atomic E-state index is -0.218. The molecular formula is C15H24ClN3O2S. The molecule has 124 valence electrons. The van der Waals surface area contributed by atoms with Crippen LogP contribution in [-0.4, -0.2) is 42.9 Å². The summed E-state index contributed by atoms with van der Waals surface area (Å²) in [6.45, 7) is 3.06. The first-order valence-electron chi connectivity index (χ1n) is 7.35. The molecule has 1 aliphatic rings. The van der Waals surface area contributed by atoms with E-state index in [9.17, 15) is 9.59 Å². The summed E-state index contributed by atoms with van der Waals surface area (Å²) in [5.74, 6) is 0.00930. The van der Waals surface area contributed by atoms with Crippen molar-refractivity contribution in [1.29, 1.82) is 0 Å². The number of carbonyl (C=O) groups excluding carboxylic acids is 2. The van der Waals surface area contributed by atoms with Crippen LogP contribution in [0.25, 0.3) is 0 Å². The summed E-state index contributed by atoms with van der Waals surface area (Å²) in [7, 11) is 1.93. The molecule has 1 saturated heterocycles. The molecule has 5 nitrogen and oxygen atoms in total. The molecule has 0 saturated carbocycles. The first kappa shape index (κ1) is 18.9. The van der Waals surface area contributed by atoms with Crippen LogP contribution in [0.2, 0.25) is 0 Å². The standard InChI is InChI=1S/C15H23N3O2S.ClH/c1-11(19)17-13(14-6-4-8-21-14)9-15(20)18-7-3-5-12(10-18)16-2;/h4,6,8,12-13,16H,3,5,7,9-10H2,1-2H3,(H,17,19);1H. The molecule has 1 aromatic heterocycles. The molecule has 1 aliphatic heterocycles. The molecule has 22 heavy (non-hydrogen) atoms. The van der Waals surface area contributed by atoms with Gasteiger partial charge in [0.15, 0.2) is 0 Å². The fraction of sp³-hybridized carbons (Fsp3) is 0.600. The molecule has 2 atom stereocenters. The fourth-order valence-corrected chi connectivity index (χ4v) is 3.48. The normalized spacial score (nSPS) is 19.2. The lowest BCUT2D eigenvalue weighted by Crippen LogP contribution is -2.47. The number of nitrogens with zero attached hydrogens (tertiary/aromatic N) is 1. The number of likely N-dealkylation sites (tertiary alicyclic amines) is 1. The lowest BCUT2D eigenvalue weighted by molar-refractivity contribution is -0.133. The SMILES string of the molecule is CNC1CCCN(C(=O)CC(NC(C)=O)c2cccs2)C1.Cl. The lowest BCUT2D eigenvalue weighted by Gasteiger charge is -2.33. The van der Waals surface area contributed by atoms with Gasteiger partial charge in [-0.15, -0.1) is 23.7 Å². The van der Waals surface area contributed by atoms with Gasteiger partial charge in [0.05, 0.1) is 12.5 Å². The second-order valence-corrected chi connectivity index (χ2v) is 6.42. The maximum Gasteiger partial charge on any atom is 0.225 e. The van der Waals surface area contributed by atoms with E-state index in [0.29, 0.717) is 12.5 Å². The second kappa shape index (κ2) is 9.12. The zero-order valence-electron chi connectivity index (χ0n) is 13.0. The van der Waals surface area contributed by atoms with Gasteiger partial charge in [-0.2, -0.15) is 0 Å². The molecule has 2 heterocycles. The minimum Gasteiger partial charge on any atom is -0.348 e. The van der Waals surface area contributed by atoms with Crippen LogP contribution in [0.15, 0.2) is 17.5 Å². The molecule has 0 bridgehead atoms. The Kier molecular flexibility index (Phi) is 7.85. The van der Waals surface area contributed by atoms with Crippen molar-refractivity contribution in [1.82, 2.24) is 15.5 Å². The van der Waals surface area contributed by atoms with Crippen molar-refractivity contribution in [3.8, 4) is 0 Å². The van der Waals surface area contributed by atoms with Crippen molar-refractivity contribution in [3.05, 3.63) is 22.4 Å². The van der Waals surface area contributed by atoms with Gasteiger partial charge in [0.25, 0.3) is 0 Å². The zero-order valence-corrected chi connectivity index (χ0v) is 14.6. The van der Waals surface area contributed by atoms with Gasteiger partial charge < -0.3 is 15.5 Å². The number of halogens is 1. The largest absolute Gasteiger partial charge is 0.348 e. The van der Waals surface area contributed by atoms with E-state index in [1.807, 2.05) is 29.5 Å². The predicted molar refractivity (Wildman–Crippen MR) is 91.4 cm³/mol. The highest BCUT2D eigenvalue weighted by molar-refractivity contribution is 7.10.